The van der Waals surface area contributed by atoms with Crippen LogP contribution in [0.3, 0.4) is 0 Å². The molecule has 0 bridgehead atoms. The van der Waals surface area contributed by atoms with Crippen LogP contribution in [0.5, 0.6) is 0 Å². The zero-order valence-corrected chi connectivity index (χ0v) is 16.8. The van der Waals surface area contributed by atoms with Crippen molar-refractivity contribution < 1.29 is 4.79 Å². The van der Waals surface area contributed by atoms with Crippen molar-refractivity contribution in [3.63, 3.8) is 0 Å². The van der Waals surface area contributed by atoms with Crippen LogP contribution in [-0.4, -0.2) is 20.4 Å². The van der Waals surface area contributed by atoms with Gasteiger partial charge < -0.3 is 5.32 Å². The minimum Gasteiger partial charge on any atom is -0.325 e. The molecule has 1 aromatic carbocycles. The van der Waals surface area contributed by atoms with Crippen LogP contribution in [0.25, 0.3) is 20.4 Å². The van der Waals surface area contributed by atoms with Gasteiger partial charge >= 0.3 is 0 Å². The monoisotopic (exact) mass is 392 g/mol. The molecule has 0 fully saturated rings. The summed E-state index contributed by atoms with van der Waals surface area (Å²) >= 11 is 1.33. The van der Waals surface area contributed by atoms with Crippen molar-refractivity contribution in [1.29, 1.82) is 0 Å². The van der Waals surface area contributed by atoms with E-state index in [1.54, 1.807) is 0 Å². The number of rotatable bonds is 4. The Morgan fingerprint density at radius 2 is 2.07 bits per heavy atom. The highest BCUT2D eigenvalue weighted by Crippen LogP contribution is 2.31. The van der Waals surface area contributed by atoms with Gasteiger partial charge in [0.15, 0.2) is 0 Å². The fourth-order valence-corrected chi connectivity index (χ4v) is 4.54. The third-order valence-electron chi connectivity index (χ3n) is 4.68. The second kappa shape index (κ2) is 7.16. The highest BCUT2D eigenvalue weighted by Gasteiger charge is 2.16. The SMILES string of the molecule is CCc1cccc(NC(=O)Cn2cnc3c(sc4nc(C)cc(C)c43)c2=O)c1. The molecule has 28 heavy (non-hydrogen) atoms. The molecule has 142 valence electrons. The van der Waals surface area contributed by atoms with Crippen molar-refractivity contribution in [3.8, 4) is 0 Å². The summed E-state index contributed by atoms with van der Waals surface area (Å²) in [5, 5.41) is 3.76. The molecule has 3 aromatic heterocycles. The van der Waals surface area contributed by atoms with Crippen molar-refractivity contribution >= 4 is 43.4 Å². The summed E-state index contributed by atoms with van der Waals surface area (Å²) in [6, 6.07) is 9.68. The third kappa shape index (κ3) is 3.29. The number of carbonyl (C=O) groups is 1. The maximum atomic E-state index is 12.9. The predicted octanol–water partition coefficient (Wildman–Crippen LogP) is 3.82. The van der Waals surface area contributed by atoms with Gasteiger partial charge in [-0.25, -0.2) is 9.97 Å². The first-order chi connectivity index (χ1) is 13.5. The normalized spacial score (nSPS) is 11.2. The van der Waals surface area contributed by atoms with Crippen molar-refractivity contribution in [2.75, 3.05) is 5.32 Å². The van der Waals surface area contributed by atoms with Crippen molar-refractivity contribution in [3.05, 3.63) is 63.8 Å². The van der Waals surface area contributed by atoms with E-state index in [4.69, 9.17) is 0 Å². The first-order valence-corrected chi connectivity index (χ1v) is 9.92. The van der Waals surface area contributed by atoms with E-state index in [2.05, 4.69) is 22.2 Å². The smallest absolute Gasteiger partial charge is 0.271 e. The van der Waals surface area contributed by atoms with E-state index in [0.29, 0.717) is 10.2 Å². The van der Waals surface area contributed by atoms with Crippen LogP contribution in [0.2, 0.25) is 0 Å². The Kier molecular flexibility index (Phi) is 4.68. The van der Waals surface area contributed by atoms with Gasteiger partial charge in [-0.05, 0) is 49.6 Å². The summed E-state index contributed by atoms with van der Waals surface area (Å²) in [7, 11) is 0. The number of aromatic nitrogens is 3. The molecule has 0 aliphatic carbocycles. The molecule has 0 radical (unpaired) electrons. The lowest BCUT2D eigenvalue weighted by Crippen LogP contribution is -2.27. The van der Waals surface area contributed by atoms with E-state index in [0.717, 1.165) is 39.1 Å². The molecule has 0 spiro atoms. The van der Waals surface area contributed by atoms with Crippen molar-refractivity contribution in [1.82, 2.24) is 14.5 Å². The fraction of sp³-hybridized carbons (Fsp3) is 0.238. The summed E-state index contributed by atoms with van der Waals surface area (Å²) in [6.07, 6.45) is 2.33. The number of fused-ring (bicyclic) bond motifs is 3. The molecule has 0 saturated heterocycles. The van der Waals surface area contributed by atoms with Crippen LogP contribution in [-0.2, 0) is 17.8 Å². The molecule has 0 saturated carbocycles. The molecular weight excluding hydrogens is 372 g/mol. The average molecular weight is 392 g/mol. The minimum atomic E-state index is -0.261. The Hall–Kier alpha value is -3.06. The maximum Gasteiger partial charge on any atom is 0.271 e. The van der Waals surface area contributed by atoms with Crippen LogP contribution in [0.4, 0.5) is 5.69 Å². The lowest BCUT2D eigenvalue weighted by atomic mass is 10.1. The van der Waals surface area contributed by atoms with Gasteiger partial charge in [0.1, 0.15) is 16.1 Å². The zero-order valence-electron chi connectivity index (χ0n) is 15.9. The number of carbonyl (C=O) groups excluding carboxylic acids is 1. The molecular formula is C21H20N4O2S. The number of nitrogens with zero attached hydrogens (tertiary/aromatic N) is 3. The first kappa shape index (κ1) is 18.3. The van der Waals surface area contributed by atoms with Crippen LogP contribution in [0.1, 0.15) is 23.7 Å². The van der Waals surface area contributed by atoms with E-state index in [9.17, 15) is 9.59 Å². The van der Waals surface area contributed by atoms with Crippen LogP contribution in [0, 0.1) is 13.8 Å². The van der Waals surface area contributed by atoms with Crippen LogP contribution < -0.4 is 10.9 Å². The number of benzene rings is 1. The van der Waals surface area contributed by atoms with Gasteiger partial charge in [0.05, 0.1) is 11.8 Å². The number of thiophene rings is 1. The van der Waals surface area contributed by atoms with Gasteiger partial charge in [-0.1, -0.05) is 19.1 Å². The van der Waals surface area contributed by atoms with Gasteiger partial charge in [-0.3, -0.25) is 14.2 Å². The lowest BCUT2D eigenvalue weighted by molar-refractivity contribution is -0.116. The minimum absolute atomic E-state index is 0.0855. The Balaban J connectivity index is 1.66. The lowest BCUT2D eigenvalue weighted by Gasteiger charge is -2.08. The second-order valence-corrected chi connectivity index (χ2v) is 7.82. The molecule has 1 amide bonds. The highest BCUT2D eigenvalue weighted by atomic mass is 32.1. The molecule has 6 nitrogen and oxygen atoms in total. The standard InChI is InChI=1S/C21H20N4O2S/c1-4-14-6-5-7-15(9-14)24-16(26)10-25-11-22-18-17-12(2)8-13(3)23-20(17)28-19(18)21(25)27/h5-9,11H,4,10H2,1-3H3,(H,24,26). The molecule has 4 aromatic rings. The Labute approximate surface area is 165 Å². The highest BCUT2D eigenvalue weighted by molar-refractivity contribution is 7.25. The van der Waals surface area contributed by atoms with Gasteiger partial charge in [0.2, 0.25) is 5.91 Å². The summed E-state index contributed by atoms with van der Waals surface area (Å²) in [5.41, 5.74) is 4.26. The Bertz CT molecular complexity index is 1270. The largest absolute Gasteiger partial charge is 0.325 e. The summed E-state index contributed by atoms with van der Waals surface area (Å²) in [4.78, 5) is 35.1. The quantitative estimate of drug-likeness (QED) is 0.573. The number of anilines is 1. The van der Waals surface area contributed by atoms with Gasteiger partial charge in [0.25, 0.3) is 5.56 Å². The zero-order chi connectivity index (χ0) is 19.8. The van der Waals surface area contributed by atoms with Crippen molar-refractivity contribution in [2.45, 2.75) is 33.7 Å². The number of aryl methyl sites for hydroxylation is 3. The molecule has 0 aliphatic heterocycles. The van der Waals surface area contributed by atoms with E-state index >= 15 is 0 Å². The van der Waals surface area contributed by atoms with Gasteiger partial charge in [-0.15, -0.1) is 11.3 Å². The average Bonchev–Trinajstić information content (AvgIpc) is 3.03. The van der Waals surface area contributed by atoms with E-state index in [-0.39, 0.29) is 18.0 Å². The van der Waals surface area contributed by atoms with Crippen LogP contribution >= 0.6 is 11.3 Å². The Morgan fingerprint density at radius 1 is 1.25 bits per heavy atom. The van der Waals surface area contributed by atoms with Crippen LogP contribution in [0.15, 0.2) is 41.5 Å². The molecule has 1 N–H and O–H groups in total. The number of hydrogen-bond donors (Lipinski definition) is 1. The number of amides is 1. The summed E-state index contributed by atoms with van der Waals surface area (Å²) in [5.74, 6) is -0.261. The molecule has 3 heterocycles. The summed E-state index contributed by atoms with van der Waals surface area (Å²) in [6.45, 7) is 5.90. The predicted molar refractivity (Wildman–Crippen MR) is 113 cm³/mol. The second-order valence-electron chi connectivity index (χ2n) is 6.82. The molecule has 0 aliphatic rings. The number of nitrogens with one attached hydrogen (secondary N) is 1. The molecule has 0 atom stereocenters. The van der Waals surface area contributed by atoms with E-state index in [1.165, 1.54) is 22.2 Å². The molecule has 0 unspecified atom stereocenters. The maximum absolute atomic E-state index is 12.9. The molecule has 7 heteroatoms. The first-order valence-electron chi connectivity index (χ1n) is 9.11. The number of pyridine rings is 1. The van der Waals surface area contributed by atoms with E-state index < -0.39 is 0 Å². The van der Waals surface area contributed by atoms with Crippen molar-refractivity contribution in [2.24, 2.45) is 0 Å². The molecule has 4 rings (SSSR count). The number of hydrogen-bond acceptors (Lipinski definition) is 5. The van der Waals surface area contributed by atoms with Gasteiger partial charge in [-0.2, -0.15) is 0 Å². The van der Waals surface area contributed by atoms with Gasteiger partial charge in [0, 0.05) is 16.8 Å². The third-order valence-corrected chi connectivity index (χ3v) is 5.74. The topological polar surface area (TPSA) is 76.9 Å². The summed E-state index contributed by atoms with van der Waals surface area (Å²) < 4.78 is 1.87. The fourth-order valence-electron chi connectivity index (χ4n) is 3.34. The Morgan fingerprint density at radius 3 is 2.86 bits per heavy atom. The van der Waals surface area contributed by atoms with E-state index in [1.807, 2.05) is 44.2 Å².